The van der Waals surface area contributed by atoms with E-state index in [1.165, 1.54) is 22.7 Å². The smallest absolute Gasteiger partial charge is 0.276 e. The van der Waals surface area contributed by atoms with Gasteiger partial charge in [0.2, 0.25) is 5.13 Å². The summed E-state index contributed by atoms with van der Waals surface area (Å²) in [5.41, 5.74) is 1.90. The molecule has 0 aromatic carbocycles. The molecule has 25 heavy (non-hydrogen) atoms. The SMILES string of the molecule is Cc1cc(NC(=O)c2csc(C)n2)n(-c2nc(-c3ccco3)cs2)n1. The molecule has 0 saturated carbocycles. The Balaban J connectivity index is 1.64. The van der Waals surface area contributed by atoms with Crippen LogP contribution in [0.4, 0.5) is 5.82 Å². The molecule has 1 N–H and O–H groups in total. The lowest BCUT2D eigenvalue weighted by atomic mass is 10.4. The minimum absolute atomic E-state index is 0.270. The van der Waals surface area contributed by atoms with Crippen LogP contribution in [0.25, 0.3) is 16.6 Å². The average Bonchev–Trinajstić information content (AvgIpc) is 3.33. The summed E-state index contributed by atoms with van der Waals surface area (Å²) in [6.45, 7) is 3.72. The van der Waals surface area contributed by atoms with Crippen molar-refractivity contribution in [1.82, 2.24) is 19.7 Å². The highest BCUT2D eigenvalue weighted by Crippen LogP contribution is 2.26. The van der Waals surface area contributed by atoms with E-state index in [-0.39, 0.29) is 5.91 Å². The normalized spacial score (nSPS) is 11.0. The fourth-order valence-electron chi connectivity index (χ4n) is 2.28. The van der Waals surface area contributed by atoms with Gasteiger partial charge >= 0.3 is 0 Å². The molecule has 4 aromatic rings. The van der Waals surface area contributed by atoms with Crippen LogP contribution in [0.15, 0.2) is 39.6 Å². The third kappa shape index (κ3) is 3.11. The summed E-state index contributed by atoms with van der Waals surface area (Å²) in [7, 11) is 0. The number of carbonyl (C=O) groups is 1. The lowest BCUT2D eigenvalue weighted by Gasteiger charge is -2.04. The average molecular weight is 371 g/mol. The summed E-state index contributed by atoms with van der Waals surface area (Å²) < 4.78 is 6.98. The van der Waals surface area contributed by atoms with E-state index < -0.39 is 0 Å². The number of furan rings is 1. The van der Waals surface area contributed by atoms with Crippen LogP contribution < -0.4 is 5.32 Å². The van der Waals surface area contributed by atoms with Gasteiger partial charge in [-0.05, 0) is 26.0 Å². The van der Waals surface area contributed by atoms with Gasteiger partial charge in [0.1, 0.15) is 17.2 Å². The van der Waals surface area contributed by atoms with Gasteiger partial charge in [-0.2, -0.15) is 9.78 Å². The summed E-state index contributed by atoms with van der Waals surface area (Å²) in [6, 6.07) is 5.46. The third-order valence-electron chi connectivity index (χ3n) is 3.37. The third-order valence-corrected chi connectivity index (χ3v) is 4.96. The fourth-order valence-corrected chi connectivity index (χ4v) is 3.65. The summed E-state index contributed by atoms with van der Waals surface area (Å²) in [6.07, 6.45) is 1.61. The van der Waals surface area contributed by atoms with Gasteiger partial charge in [0.25, 0.3) is 5.91 Å². The number of amides is 1. The van der Waals surface area contributed by atoms with Crippen LogP contribution in [-0.4, -0.2) is 25.7 Å². The Morgan fingerprint density at radius 2 is 2.12 bits per heavy atom. The number of hydrogen-bond acceptors (Lipinski definition) is 7. The van der Waals surface area contributed by atoms with E-state index in [9.17, 15) is 4.79 Å². The van der Waals surface area contributed by atoms with E-state index in [1.54, 1.807) is 22.4 Å². The highest BCUT2D eigenvalue weighted by atomic mass is 32.1. The van der Waals surface area contributed by atoms with Crippen molar-refractivity contribution in [3.05, 3.63) is 51.6 Å². The molecule has 0 saturated heterocycles. The predicted octanol–water partition coefficient (Wildman–Crippen LogP) is 3.91. The number of hydrogen-bond donors (Lipinski definition) is 1. The first-order chi connectivity index (χ1) is 12.1. The maximum atomic E-state index is 12.4. The molecule has 0 aliphatic carbocycles. The number of aromatic nitrogens is 4. The highest BCUT2D eigenvalue weighted by molar-refractivity contribution is 7.12. The zero-order chi connectivity index (χ0) is 17.4. The van der Waals surface area contributed by atoms with Crippen molar-refractivity contribution in [2.45, 2.75) is 13.8 Å². The molecule has 4 rings (SSSR count). The minimum atomic E-state index is -0.270. The molecule has 126 valence electrons. The fraction of sp³-hybridized carbons (Fsp3) is 0.125. The zero-order valence-electron chi connectivity index (χ0n) is 13.4. The number of aryl methyl sites for hydroxylation is 2. The van der Waals surface area contributed by atoms with E-state index >= 15 is 0 Å². The van der Waals surface area contributed by atoms with Crippen LogP contribution in [-0.2, 0) is 0 Å². The van der Waals surface area contributed by atoms with Crippen molar-refractivity contribution < 1.29 is 9.21 Å². The van der Waals surface area contributed by atoms with Crippen LogP contribution in [0.2, 0.25) is 0 Å². The zero-order valence-corrected chi connectivity index (χ0v) is 15.0. The molecule has 0 aliphatic heterocycles. The Bertz CT molecular complexity index is 1030. The Hall–Kier alpha value is -2.78. The molecule has 7 nitrogen and oxygen atoms in total. The maximum absolute atomic E-state index is 12.4. The van der Waals surface area contributed by atoms with Crippen molar-refractivity contribution >= 4 is 34.4 Å². The van der Waals surface area contributed by atoms with Gasteiger partial charge in [-0.15, -0.1) is 22.7 Å². The van der Waals surface area contributed by atoms with Gasteiger partial charge in [-0.25, -0.2) is 9.97 Å². The van der Waals surface area contributed by atoms with Crippen LogP contribution >= 0.6 is 22.7 Å². The van der Waals surface area contributed by atoms with Crippen molar-refractivity contribution in [3.63, 3.8) is 0 Å². The summed E-state index contributed by atoms with van der Waals surface area (Å²) in [4.78, 5) is 21.1. The Morgan fingerprint density at radius 1 is 1.24 bits per heavy atom. The molecule has 0 radical (unpaired) electrons. The Morgan fingerprint density at radius 3 is 2.84 bits per heavy atom. The lowest BCUT2D eigenvalue weighted by Crippen LogP contribution is -2.15. The summed E-state index contributed by atoms with van der Waals surface area (Å²) in [5.74, 6) is 0.969. The van der Waals surface area contributed by atoms with Crippen LogP contribution in [0.1, 0.15) is 21.2 Å². The molecule has 0 unspecified atom stereocenters. The second-order valence-corrected chi connectivity index (χ2v) is 7.18. The molecule has 0 bridgehead atoms. The molecule has 1 amide bonds. The van der Waals surface area contributed by atoms with Gasteiger partial charge in [-0.1, -0.05) is 0 Å². The van der Waals surface area contributed by atoms with E-state index in [0.717, 1.165) is 16.4 Å². The molecule has 4 aromatic heterocycles. The van der Waals surface area contributed by atoms with Crippen molar-refractivity contribution in [2.75, 3.05) is 5.32 Å². The standard InChI is InChI=1S/C16H13N5O2S2/c1-9-6-14(19-15(22)12-8-24-10(2)17-12)21(20-9)16-18-11(7-25-16)13-4-3-5-23-13/h3-8H,1-2H3,(H,19,22). The number of anilines is 1. The second kappa shape index (κ2) is 6.26. The molecular weight excluding hydrogens is 358 g/mol. The van der Waals surface area contributed by atoms with Gasteiger partial charge in [0.15, 0.2) is 5.76 Å². The number of nitrogens with one attached hydrogen (secondary N) is 1. The van der Waals surface area contributed by atoms with Crippen molar-refractivity contribution in [2.24, 2.45) is 0 Å². The minimum Gasteiger partial charge on any atom is -0.463 e. The molecule has 0 fully saturated rings. The van der Waals surface area contributed by atoms with E-state index in [2.05, 4.69) is 20.4 Å². The van der Waals surface area contributed by atoms with Crippen LogP contribution in [0.3, 0.4) is 0 Å². The predicted molar refractivity (Wildman–Crippen MR) is 96.5 cm³/mol. The molecule has 0 aliphatic rings. The quantitative estimate of drug-likeness (QED) is 0.588. The first-order valence-electron chi connectivity index (χ1n) is 7.40. The monoisotopic (exact) mass is 371 g/mol. The number of thiazole rings is 2. The molecular formula is C16H13N5O2S2. The summed E-state index contributed by atoms with van der Waals surface area (Å²) >= 11 is 2.86. The number of carbonyl (C=O) groups excluding carboxylic acids is 1. The van der Waals surface area contributed by atoms with Gasteiger partial charge in [-0.3, -0.25) is 4.79 Å². The second-order valence-electron chi connectivity index (χ2n) is 5.28. The number of rotatable bonds is 4. The first kappa shape index (κ1) is 15.7. The molecule has 4 heterocycles. The number of nitrogens with zero attached hydrogens (tertiary/aromatic N) is 4. The topological polar surface area (TPSA) is 85.8 Å². The first-order valence-corrected chi connectivity index (χ1v) is 9.16. The summed E-state index contributed by atoms with van der Waals surface area (Å²) in [5, 5.41) is 12.4. The van der Waals surface area contributed by atoms with Gasteiger partial charge in [0, 0.05) is 16.8 Å². The van der Waals surface area contributed by atoms with Crippen LogP contribution in [0.5, 0.6) is 0 Å². The molecule has 0 atom stereocenters. The molecule has 0 spiro atoms. The maximum Gasteiger partial charge on any atom is 0.276 e. The highest BCUT2D eigenvalue weighted by Gasteiger charge is 2.17. The molecule has 9 heteroatoms. The largest absolute Gasteiger partial charge is 0.463 e. The van der Waals surface area contributed by atoms with Crippen LogP contribution in [0, 0.1) is 13.8 Å². The lowest BCUT2D eigenvalue weighted by molar-refractivity contribution is 0.102. The van der Waals surface area contributed by atoms with Crippen molar-refractivity contribution in [3.8, 4) is 16.6 Å². The van der Waals surface area contributed by atoms with E-state index in [0.29, 0.717) is 22.4 Å². The van der Waals surface area contributed by atoms with Gasteiger partial charge in [0.05, 0.1) is 17.0 Å². The Labute approximate surface area is 151 Å². The van der Waals surface area contributed by atoms with Crippen molar-refractivity contribution in [1.29, 1.82) is 0 Å². The van der Waals surface area contributed by atoms with Gasteiger partial charge < -0.3 is 9.73 Å². The van der Waals surface area contributed by atoms with E-state index in [1.807, 2.05) is 31.4 Å². The van der Waals surface area contributed by atoms with E-state index in [4.69, 9.17) is 4.42 Å². The Kier molecular flexibility index (Phi) is 3.94.